The highest BCUT2D eigenvalue weighted by molar-refractivity contribution is 8.00. The smallest absolute Gasteiger partial charge is 0.233 e. The number of rotatable bonds is 5. The van der Waals surface area contributed by atoms with Gasteiger partial charge in [-0.05, 0) is 42.0 Å². The van der Waals surface area contributed by atoms with Gasteiger partial charge in [0.25, 0.3) is 0 Å². The second-order valence-electron chi connectivity index (χ2n) is 4.63. The lowest BCUT2D eigenvalue weighted by Crippen LogP contribution is -2.33. The molecule has 0 bridgehead atoms. The first kappa shape index (κ1) is 15.4. The van der Waals surface area contributed by atoms with Gasteiger partial charge in [0, 0.05) is 7.05 Å². The van der Waals surface area contributed by atoms with Crippen LogP contribution in [0.2, 0.25) is 0 Å². The van der Waals surface area contributed by atoms with Gasteiger partial charge in [-0.1, -0.05) is 23.9 Å². The average Bonchev–Trinajstić information content (AvgIpc) is 2.84. The Balaban J connectivity index is 1.94. The van der Waals surface area contributed by atoms with E-state index in [1.54, 1.807) is 26.1 Å². The largest absolute Gasteiger partial charge is 0.349 e. The normalized spacial score (nSPS) is 13.7. The number of aromatic nitrogens is 4. The SMILES string of the molecule is C[C@H](Sc1nnnn1C)C(=O)N[C@H](C)c1ccc(F)cc1. The van der Waals surface area contributed by atoms with E-state index < -0.39 is 0 Å². The molecule has 112 valence electrons. The third-order valence-electron chi connectivity index (χ3n) is 2.96. The highest BCUT2D eigenvalue weighted by atomic mass is 32.2. The molecule has 2 rings (SSSR count). The standard InChI is InChI=1S/C13H16FN5OS/c1-8(10-4-6-11(14)7-5-10)15-12(20)9(2)21-13-16-17-18-19(13)3/h4-9H,1-3H3,(H,15,20)/t8-,9+/m1/s1. The Morgan fingerprint density at radius 3 is 2.57 bits per heavy atom. The lowest BCUT2D eigenvalue weighted by atomic mass is 10.1. The minimum Gasteiger partial charge on any atom is -0.349 e. The summed E-state index contributed by atoms with van der Waals surface area (Å²) in [6.07, 6.45) is 0. The molecule has 1 aromatic heterocycles. The minimum atomic E-state index is -0.336. The van der Waals surface area contributed by atoms with Gasteiger partial charge in [0.05, 0.1) is 11.3 Å². The van der Waals surface area contributed by atoms with Gasteiger partial charge in [-0.2, -0.15) is 0 Å². The van der Waals surface area contributed by atoms with E-state index in [2.05, 4.69) is 20.8 Å². The van der Waals surface area contributed by atoms with Gasteiger partial charge in [-0.15, -0.1) is 5.10 Å². The van der Waals surface area contributed by atoms with Crippen molar-refractivity contribution >= 4 is 17.7 Å². The first-order chi connectivity index (χ1) is 9.97. The van der Waals surface area contributed by atoms with E-state index >= 15 is 0 Å². The van der Waals surface area contributed by atoms with Gasteiger partial charge < -0.3 is 5.32 Å². The molecule has 1 heterocycles. The Labute approximate surface area is 126 Å². The summed E-state index contributed by atoms with van der Waals surface area (Å²) in [6.45, 7) is 3.64. The Bertz CT molecular complexity index is 615. The molecule has 0 unspecified atom stereocenters. The van der Waals surface area contributed by atoms with E-state index in [1.807, 2.05) is 6.92 Å². The summed E-state index contributed by atoms with van der Waals surface area (Å²) in [6, 6.07) is 5.87. The zero-order valence-electron chi connectivity index (χ0n) is 11.9. The lowest BCUT2D eigenvalue weighted by Gasteiger charge is -2.17. The third-order valence-corrected chi connectivity index (χ3v) is 4.09. The van der Waals surface area contributed by atoms with E-state index in [0.717, 1.165) is 5.56 Å². The van der Waals surface area contributed by atoms with Crippen LogP contribution < -0.4 is 5.32 Å². The lowest BCUT2D eigenvalue weighted by molar-refractivity contribution is -0.120. The molecule has 0 saturated heterocycles. The van der Waals surface area contributed by atoms with Crippen LogP contribution in [0.4, 0.5) is 4.39 Å². The van der Waals surface area contributed by atoms with E-state index in [9.17, 15) is 9.18 Å². The van der Waals surface area contributed by atoms with Crippen molar-refractivity contribution in [2.24, 2.45) is 7.05 Å². The molecule has 1 N–H and O–H groups in total. The molecule has 1 aromatic carbocycles. The fourth-order valence-electron chi connectivity index (χ4n) is 1.70. The number of aryl methyl sites for hydroxylation is 1. The molecule has 2 aromatic rings. The maximum Gasteiger partial charge on any atom is 0.233 e. The van der Waals surface area contributed by atoms with Crippen LogP contribution >= 0.6 is 11.8 Å². The van der Waals surface area contributed by atoms with Gasteiger partial charge in [0.15, 0.2) is 0 Å². The molecule has 21 heavy (non-hydrogen) atoms. The first-order valence-corrected chi connectivity index (χ1v) is 7.30. The van der Waals surface area contributed by atoms with Crippen molar-refractivity contribution in [1.29, 1.82) is 0 Å². The highest BCUT2D eigenvalue weighted by Crippen LogP contribution is 2.20. The summed E-state index contributed by atoms with van der Waals surface area (Å²) in [7, 11) is 1.72. The Morgan fingerprint density at radius 1 is 1.33 bits per heavy atom. The summed E-state index contributed by atoms with van der Waals surface area (Å²) < 4.78 is 14.4. The van der Waals surface area contributed by atoms with E-state index in [0.29, 0.717) is 5.16 Å². The summed E-state index contributed by atoms with van der Waals surface area (Å²) in [5, 5.41) is 14.2. The summed E-state index contributed by atoms with van der Waals surface area (Å²) >= 11 is 1.28. The van der Waals surface area contributed by atoms with Crippen LogP contribution in [0.1, 0.15) is 25.5 Å². The van der Waals surface area contributed by atoms with Crippen LogP contribution in [0.25, 0.3) is 0 Å². The average molecular weight is 309 g/mol. The number of thioether (sulfide) groups is 1. The molecule has 1 amide bonds. The summed E-state index contributed by atoms with van der Waals surface area (Å²) in [5.41, 5.74) is 0.849. The number of hydrogen-bond donors (Lipinski definition) is 1. The number of nitrogens with zero attached hydrogens (tertiary/aromatic N) is 4. The van der Waals surface area contributed by atoms with Gasteiger partial charge in [0.2, 0.25) is 11.1 Å². The van der Waals surface area contributed by atoms with Crippen molar-refractivity contribution in [1.82, 2.24) is 25.5 Å². The molecule has 0 spiro atoms. The molecule has 8 heteroatoms. The van der Waals surface area contributed by atoms with E-state index in [4.69, 9.17) is 0 Å². The number of hydrogen-bond acceptors (Lipinski definition) is 5. The maximum atomic E-state index is 12.9. The molecule has 0 radical (unpaired) electrons. The van der Waals surface area contributed by atoms with Crippen molar-refractivity contribution in [2.75, 3.05) is 0 Å². The molecule has 6 nitrogen and oxygen atoms in total. The fraction of sp³-hybridized carbons (Fsp3) is 0.385. The van der Waals surface area contributed by atoms with Crippen molar-refractivity contribution < 1.29 is 9.18 Å². The van der Waals surface area contributed by atoms with E-state index in [1.165, 1.54) is 28.6 Å². The van der Waals surface area contributed by atoms with Crippen molar-refractivity contribution in [2.45, 2.75) is 30.3 Å². The van der Waals surface area contributed by atoms with Gasteiger partial charge in [0.1, 0.15) is 5.82 Å². The number of carbonyl (C=O) groups is 1. The maximum absolute atomic E-state index is 12.9. The summed E-state index contributed by atoms with van der Waals surface area (Å²) in [4.78, 5) is 12.1. The summed E-state index contributed by atoms with van der Waals surface area (Å²) in [5.74, 6) is -0.421. The number of amides is 1. The number of carbonyl (C=O) groups excluding carboxylic acids is 1. The molecule has 0 aliphatic heterocycles. The molecular formula is C13H16FN5OS. The van der Waals surface area contributed by atoms with Crippen molar-refractivity contribution in [3.63, 3.8) is 0 Å². The van der Waals surface area contributed by atoms with Crippen molar-refractivity contribution in [3.05, 3.63) is 35.6 Å². The molecule has 0 aliphatic rings. The highest BCUT2D eigenvalue weighted by Gasteiger charge is 2.19. The molecule has 2 atom stereocenters. The number of tetrazole rings is 1. The molecular weight excluding hydrogens is 293 g/mol. The number of halogens is 1. The van der Waals surface area contributed by atoms with Crippen LogP contribution in [0.3, 0.4) is 0 Å². The van der Waals surface area contributed by atoms with Crippen molar-refractivity contribution in [3.8, 4) is 0 Å². The van der Waals surface area contributed by atoms with Crippen LogP contribution in [-0.2, 0) is 11.8 Å². The number of benzene rings is 1. The van der Waals surface area contributed by atoms with Crippen LogP contribution in [0, 0.1) is 5.82 Å². The molecule has 0 fully saturated rings. The predicted octanol–water partition coefficient (Wildman–Crippen LogP) is 1.71. The Kier molecular flexibility index (Phi) is 4.89. The quantitative estimate of drug-likeness (QED) is 0.851. The topological polar surface area (TPSA) is 72.7 Å². The monoisotopic (exact) mass is 309 g/mol. The second-order valence-corrected chi connectivity index (χ2v) is 5.93. The number of nitrogens with one attached hydrogen (secondary N) is 1. The first-order valence-electron chi connectivity index (χ1n) is 6.42. The Morgan fingerprint density at radius 2 is 2.00 bits per heavy atom. The van der Waals surface area contributed by atoms with E-state index in [-0.39, 0.29) is 23.0 Å². The Hall–Kier alpha value is -1.96. The van der Waals surface area contributed by atoms with Crippen LogP contribution in [-0.4, -0.2) is 31.4 Å². The molecule has 0 saturated carbocycles. The third kappa shape index (κ3) is 4.01. The zero-order valence-corrected chi connectivity index (χ0v) is 12.8. The minimum absolute atomic E-state index is 0.125. The van der Waals surface area contributed by atoms with Gasteiger partial charge >= 0.3 is 0 Å². The predicted molar refractivity (Wildman–Crippen MR) is 77.1 cm³/mol. The fourth-order valence-corrected chi connectivity index (χ4v) is 2.46. The van der Waals surface area contributed by atoms with Crippen LogP contribution in [0.5, 0.6) is 0 Å². The van der Waals surface area contributed by atoms with Gasteiger partial charge in [-0.25, -0.2) is 9.07 Å². The molecule has 0 aliphatic carbocycles. The van der Waals surface area contributed by atoms with Crippen LogP contribution in [0.15, 0.2) is 29.4 Å². The zero-order chi connectivity index (χ0) is 15.4. The van der Waals surface area contributed by atoms with Gasteiger partial charge in [-0.3, -0.25) is 4.79 Å². The second kappa shape index (κ2) is 6.66.